The molecule has 3 aromatic rings. The third-order valence-corrected chi connectivity index (χ3v) is 3.08. The van der Waals surface area contributed by atoms with Gasteiger partial charge in [0.15, 0.2) is 0 Å². The SMILES string of the molecule is Cc1cc(NC(=O)c2ccccc2)n(-c2cc(=O)[nH]c(=O)[nH]2)n1. The normalized spacial score (nSPS) is 10.5. The molecule has 8 nitrogen and oxygen atoms in total. The number of nitrogens with one attached hydrogen (secondary N) is 3. The highest BCUT2D eigenvalue weighted by atomic mass is 16.2. The van der Waals surface area contributed by atoms with E-state index in [0.717, 1.165) is 0 Å². The zero-order chi connectivity index (χ0) is 16.4. The highest BCUT2D eigenvalue weighted by Gasteiger charge is 2.13. The van der Waals surface area contributed by atoms with E-state index >= 15 is 0 Å². The molecule has 116 valence electrons. The van der Waals surface area contributed by atoms with Crippen molar-refractivity contribution in [3.8, 4) is 5.82 Å². The van der Waals surface area contributed by atoms with Crippen LogP contribution < -0.4 is 16.6 Å². The lowest BCUT2D eigenvalue weighted by Crippen LogP contribution is -2.24. The van der Waals surface area contributed by atoms with Crippen molar-refractivity contribution in [1.82, 2.24) is 19.7 Å². The predicted molar refractivity (Wildman–Crippen MR) is 83.9 cm³/mol. The third-order valence-electron chi connectivity index (χ3n) is 3.08. The lowest BCUT2D eigenvalue weighted by Gasteiger charge is -2.08. The largest absolute Gasteiger partial charge is 0.327 e. The molecule has 0 fully saturated rings. The number of carbonyl (C=O) groups excluding carboxylic acids is 1. The van der Waals surface area contributed by atoms with E-state index < -0.39 is 11.2 Å². The Hall–Kier alpha value is -3.42. The molecular weight excluding hydrogens is 298 g/mol. The van der Waals surface area contributed by atoms with Crippen LogP contribution in [0, 0.1) is 6.92 Å². The quantitative estimate of drug-likeness (QED) is 0.664. The molecule has 0 aliphatic carbocycles. The minimum Gasteiger partial charge on any atom is -0.306 e. The van der Waals surface area contributed by atoms with Crippen molar-refractivity contribution in [2.75, 3.05) is 5.32 Å². The molecule has 0 atom stereocenters. The van der Waals surface area contributed by atoms with Crippen molar-refractivity contribution in [3.05, 3.63) is 74.6 Å². The Morgan fingerprint density at radius 2 is 1.87 bits per heavy atom. The summed E-state index contributed by atoms with van der Waals surface area (Å²) in [5.41, 5.74) is -0.106. The minimum absolute atomic E-state index is 0.162. The summed E-state index contributed by atoms with van der Waals surface area (Å²) in [7, 11) is 0. The van der Waals surface area contributed by atoms with Gasteiger partial charge in [0, 0.05) is 17.7 Å². The summed E-state index contributed by atoms with van der Waals surface area (Å²) in [4.78, 5) is 39.6. The molecule has 2 heterocycles. The van der Waals surface area contributed by atoms with E-state index in [9.17, 15) is 14.4 Å². The highest BCUT2D eigenvalue weighted by Crippen LogP contribution is 2.15. The number of carbonyl (C=O) groups is 1. The molecule has 0 unspecified atom stereocenters. The molecule has 0 saturated carbocycles. The van der Waals surface area contributed by atoms with E-state index in [4.69, 9.17) is 0 Å². The first-order chi connectivity index (χ1) is 11.0. The fraction of sp³-hybridized carbons (Fsp3) is 0.0667. The fourth-order valence-corrected chi connectivity index (χ4v) is 2.12. The van der Waals surface area contributed by atoms with E-state index in [2.05, 4.69) is 20.4 Å². The standard InChI is InChI=1S/C15H13N5O3/c1-9-7-11(16-14(22)10-5-3-2-4-6-10)20(19-9)12-8-13(21)18-15(23)17-12/h2-8H,1H3,(H,16,22)(H2,17,18,21,23). The highest BCUT2D eigenvalue weighted by molar-refractivity contribution is 6.03. The predicted octanol–water partition coefficient (Wildman–Crippen LogP) is 0.810. The molecule has 2 aromatic heterocycles. The van der Waals surface area contributed by atoms with Crippen molar-refractivity contribution >= 4 is 11.7 Å². The Balaban J connectivity index is 2.00. The van der Waals surface area contributed by atoms with Gasteiger partial charge in [0.25, 0.3) is 11.5 Å². The average molecular weight is 311 g/mol. The second kappa shape index (κ2) is 5.76. The maximum Gasteiger partial charge on any atom is 0.327 e. The van der Waals surface area contributed by atoms with E-state index in [0.29, 0.717) is 17.1 Å². The molecule has 3 rings (SSSR count). The first-order valence-corrected chi connectivity index (χ1v) is 6.80. The number of anilines is 1. The first-order valence-electron chi connectivity index (χ1n) is 6.80. The van der Waals surface area contributed by atoms with Gasteiger partial charge in [0.2, 0.25) is 0 Å². The van der Waals surface area contributed by atoms with Crippen molar-refractivity contribution in [3.63, 3.8) is 0 Å². The van der Waals surface area contributed by atoms with Crippen LogP contribution in [0.15, 0.2) is 52.1 Å². The van der Waals surface area contributed by atoms with Gasteiger partial charge in [-0.1, -0.05) is 18.2 Å². The molecule has 0 saturated heterocycles. The number of aryl methyl sites for hydroxylation is 1. The summed E-state index contributed by atoms with van der Waals surface area (Å²) in [6, 6.07) is 11.5. The van der Waals surface area contributed by atoms with E-state index in [1.165, 1.54) is 10.7 Å². The zero-order valence-electron chi connectivity index (χ0n) is 12.2. The Kier molecular flexibility index (Phi) is 3.63. The Bertz CT molecular complexity index is 940. The van der Waals surface area contributed by atoms with Crippen LogP contribution in [0.3, 0.4) is 0 Å². The number of aromatic amines is 2. The molecule has 23 heavy (non-hydrogen) atoms. The third kappa shape index (κ3) is 3.10. The molecule has 0 bridgehead atoms. The van der Waals surface area contributed by atoms with Crippen LogP contribution in [0.1, 0.15) is 16.1 Å². The van der Waals surface area contributed by atoms with Crippen LogP contribution in [0.4, 0.5) is 5.82 Å². The van der Waals surface area contributed by atoms with Gasteiger partial charge in [0.05, 0.1) is 5.69 Å². The van der Waals surface area contributed by atoms with Crippen LogP contribution in [-0.4, -0.2) is 25.7 Å². The Morgan fingerprint density at radius 3 is 2.57 bits per heavy atom. The van der Waals surface area contributed by atoms with Gasteiger partial charge in [0.1, 0.15) is 11.6 Å². The van der Waals surface area contributed by atoms with Crippen molar-refractivity contribution in [2.45, 2.75) is 6.92 Å². The number of nitrogens with zero attached hydrogens (tertiary/aromatic N) is 2. The van der Waals surface area contributed by atoms with Gasteiger partial charge < -0.3 is 5.32 Å². The number of benzene rings is 1. The van der Waals surface area contributed by atoms with Crippen LogP contribution in [0.2, 0.25) is 0 Å². The summed E-state index contributed by atoms with van der Waals surface area (Å²) in [6.07, 6.45) is 0. The number of amides is 1. The summed E-state index contributed by atoms with van der Waals surface area (Å²) in [5, 5.41) is 6.90. The molecule has 0 radical (unpaired) electrons. The maximum atomic E-state index is 12.2. The summed E-state index contributed by atoms with van der Waals surface area (Å²) >= 11 is 0. The fourth-order valence-electron chi connectivity index (χ4n) is 2.12. The number of hydrogen-bond donors (Lipinski definition) is 3. The second-order valence-electron chi connectivity index (χ2n) is 4.88. The lowest BCUT2D eigenvalue weighted by molar-refractivity contribution is 0.102. The molecule has 8 heteroatoms. The van der Waals surface area contributed by atoms with Crippen LogP contribution in [-0.2, 0) is 0 Å². The second-order valence-corrected chi connectivity index (χ2v) is 4.88. The lowest BCUT2D eigenvalue weighted by atomic mass is 10.2. The number of aromatic nitrogens is 4. The van der Waals surface area contributed by atoms with E-state index in [1.807, 2.05) is 6.07 Å². The van der Waals surface area contributed by atoms with Crippen LogP contribution in [0.5, 0.6) is 0 Å². The van der Waals surface area contributed by atoms with Gasteiger partial charge in [-0.3, -0.25) is 19.6 Å². The number of rotatable bonds is 3. The monoisotopic (exact) mass is 311 g/mol. The van der Waals surface area contributed by atoms with Crippen molar-refractivity contribution in [2.24, 2.45) is 0 Å². The topological polar surface area (TPSA) is 113 Å². The smallest absolute Gasteiger partial charge is 0.306 e. The zero-order valence-corrected chi connectivity index (χ0v) is 12.2. The summed E-state index contributed by atoms with van der Waals surface area (Å²) in [5.74, 6) is 0.187. The number of H-pyrrole nitrogens is 2. The van der Waals surface area contributed by atoms with E-state index in [1.54, 1.807) is 37.3 Å². The average Bonchev–Trinajstić information content (AvgIpc) is 2.88. The van der Waals surface area contributed by atoms with Crippen molar-refractivity contribution in [1.29, 1.82) is 0 Å². The molecule has 1 amide bonds. The van der Waals surface area contributed by atoms with E-state index in [-0.39, 0.29) is 11.7 Å². The molecule has 1 aromatic carbocycles. The van der Waals surface area contributed by atoms with Crippen molar-refractivity contribution < 1.29 is 4.79 Å². The van der Waals surface area contributed by atoms with Gasteiger partial charge in [-0.05, 0) is 19.1 Å². The Labute approximate surface area is 129 Å². The molecule has 0 aliphatic rings. The first kappa shape index (κ1) is 14.5. The minimum atomic E-state index is -0.652. The summed E-state index contributed by atoms with van der Waals surface area (Å²) < 4.78 is 1.30. The summed E-state index contributed by atoms with van der Waals surface area (Å²) in [6.45, 7) is 1.74. The molecule has 3 N–H and O–H groups in total. The molecule has 0 aliphatic heterocycles. The van der Waals surface area contributed by atoms with Gasteiger partial charge in [-0.2, -0.15) is 5.10 Å². The maximum absolute atomic E-state index is 12.2. The Morgan fingerprint density at radius 1 is 1.13 bits per heavy atom. The molecule has 0 spiro atoms. The van der Waals surface area contributed by atoms with Crippen LogP contribution >= 0.6 is 0 Å². The van der Waals surface area contributed by atoms with Gasteiger partial charge in [-0.15, -0.1) is 0 Å². The van der Waals surface area contributed by atoms with Gasteiger partial charge in [-0.25, -0.2) is 9.48 Å². The van der Waals surface area contributed by atoms with Crippen LogP contribution in [0.25, 0.3) is 5.82 Å². The molecular formula is C15H13N5O3. The number of hydrogen-bond acceptors (Lipinski definition) is 4. The van der Waals surface area contributed by atoms with Gasteiger partial charge >= 0.3 is 5.69 Å².